The van der Waals surface area contributed by atoms with Crippen LogP contribution in [0.25, 0.3) is 0 Å². The van der Waals surface area contributed by atoms with Gasteiger partial charge < -0.3 is 14.8 Å². The molecule has 92 valence electrons. The van der Waals surface area contributed by atoms with Crippen LogP contribution in [0.1, 0.15) is 23.7 Å². The van der Waals surface area contributed by atoms with E-state index in [1.165, 1.54) is 12.1 Å². The smallest absolute Gasteiger partial charge is 0.872 e. The van der Waals surface area contributed by atoms with Gasteiger partial charge >= 0.3 is 58.2 Å². The zero-order valence-electron chi connectivity index (χ0n) is 11.1. The third-order valence-corrected chi connectivity index (χ3v) is 2.98. The predicted molar refractivity (Wildman–Crippen MR) is 62.5 cm³/mol. The van der Waals surface area contributed by atoms with E-state index in [1.807, 2.05) is 6.07 Å². The van der Waals surface area contributed by atoms with E-state index >= 15 is 0 Å². The van der Waals surface area contributed by atoms with Gasteiger partial charge in [-0.3, -0.25) is 0 Å². The minimum Gasteiger partial charge on any atom is -0.872 e. The van der Waals surface area contributed by atoms with Gasteiger partial charge in [-0.2, -0.15) is 5.26 Å². The summed E-state index contributed by atoms with van der Waals surface area (Å²) in [5, 5.41) is 30.9. The Morgan fingerprint density at radius 3 is 2.63 bits per heavy atom. The largest absolute Gasteiger partial charge is 1.00 e. The fourth-order valence-electron chi connectivity index (χ4n) is 1.89. The minimum atomic E-state index is -1.32. The van der Waals surface area contributed by atoms with Gasteiger partial charge in [0, 0.05) is 12.6 Å². The first-order valence-corrected chi connectivity index (χ1v) is 5.37. The number of aryl methyl sites for hydroxylation is 1. The third kappa shape index (κ3) is 3.15. The quantitative estimate of drug-likeness (QED) is 0.668. The number of aromatic nitrogens is 2. The Labute approximate surface area is 160 Å². The van der Waals surface area contributed by atoms with Crippen molar-refractivity contribution in [3.8, 4) is 11.8 Å². The van der Waals surface area contributed by atoms with Crippen molar-refractivity contribution in [3.05, 3.63) is 47.5 Å². The van der Waals surface area contributed by atoms with Crippen molar-refractivity contribution in [2.45, 2.75) is 12.5 Å². The van der Waals surface area contributed by atoms with Crippen molar-refractivity contribution in [2.75, 3.05) is 0 Å². The molecular weight excluding hydrogens is 316 g/mol. The molecule has 0 radical (unpaired) electrons. The molecule has 0 aliphatic rings. The zero-order chi connectivity index (χ0) is 13.3. The molecule has 0 spiro atoms. The van der Waals surface area contributed by atoms with Crippen LogP contribution in [0.5, 0.6) is 5.75 Å². The van der Waals surface area contributed by atoms with Crippen molar-refractivity contribution in [1.29, 1.82) is 5.26 Å². The second-order valence-corrected chi connectivity index (χ2v) is 4.28. The molecule has 1 N–H and O–H groups in total. The van der Waals surface area contributed by atoms with E-state index in [9.17, 15) is 10.2 Å². The topological polar surface area (TPSA) is 84.9 Å². The summed E-state index contributed by atoms with van der Waals surface area (Å²) in [6, 6.07) is 6.09. The number of benzene rings is 1. The SMILES string of the molecule is Cn1cncc1C(C)(O)c1ccc(C#N)c([O-])c1.[Rb+]. The Bertz CT molecular complexity index is 629. The van der Waals surface area contributed by atoms with Crippen LogP contribution in [0.3, 0.4) is 0 Å². The number of nitriles is 1. The van der Waals surface area contributed by atoms with Gasteiger partial charge in [0.05, 0.1) is 24.3 Å². The molecular formula is C13H12N3O2Rb. The van der Waals surface area contributed by atoms with Gasteiger partial charge in [0.2, 0.25) is 0 Å². The summed E-state index contributed by atoms with van der Waals surface area (Å²) in [6.07, 6.45) is 3.12. The first-order chi connectivity index (χ1) is 8.46. The van der Waals surface area contributed by atoms with Crippen molar-refractivity contribution < 1.29 is 68.4 Å². The molecule has 0 saturated carbocycles. The summed E-state index contributed by atoms with van der Waals surface area (Å²) in [4.78, 5) is 3.94. The predicted octanol–water partition coefficient (Wildman–Crippen LogP) is -2.37. The Morgan fingerprint density at radius 1 is 1.47 bits per heavy atom. The first-order valence-electron chi connectivity index (χ1n) is 5.37. The molecule has 0 aliphatic carbocycles. The number of hydrogen-bond donors (Lipinski definition) is 1. The molecule has 2 aromatic rings. The minimum absolute atomic E-state index is 0. The van der Waals surface area contributed by atoms with Gasteiger partial charge in [-0.15, -0.1) is 0 Å². The van der Waals surface area contributed by atoms with E-state index in [0.29, 0.717) is 11.3 Å². The fourth-order valence-corrected chi connectivity index (χ4v) is 1.89. The Hall–Kier alpha value is -0.515. The molecule has 0 aliphatic heterocycles. The maximum Gasteiger partial charge on any atom is 1.00 e. The van der Waals surface area contributed by atoms with Gasteiger partial charge in [-0.25, -0.2) is 4.98 Å². The molecule has 2 rings (SSSR count). The molecule has 6 heteroatoms. The normalized spacial score (nSPS) is 13.2. The maximum atomic E-state index is 11.6. The average molecular weight is 328 g/mol. The van der Waals surface area contributed by atoms with E-state index in [0.717, 1.165) is 0 Å². The summed E-state index contributed by atoms with van der Waals surface area (Å²) in [5.74, 6) is -0.391. The molecule has 0 amide bonds. The van der Waals surface area contributed by atoms with Crippen LogP contribution in [-0.2, 0) is 12.6 Å². The molecule has 5 nitrogen and oxygen atoms in total. The van der Waals surface area contributed by atoms with E-state index in [2.05, 4.69) is 4.98 Å². The van der Waals surface area contributed by atoms with Crippen LogP contribution in [0.15, 0.2) is 30.7 Å². The van der Waals surface area contributed by atoms with Crippen LogP contribution in [-0.4, -0.2) is 14.7 Å². The standard InChI is InChI=1S/C13H13N3O2.Rb/c1-13(18,12-7-15-8-16(12)2)10-4-3-9(6-14)11(17)5-10;/h3-5,7-8,17-18H,1-2H3;/q;+1/p-1. The van der Waals surface area contributed by atoms with Crippen molar-refractivity contribution >= 4 is 0 Å². The van der Waals surface area contributed by atoms with E-state index in [4.69, 9.17) is 5.26 Å². The van der Waals surface area contributed by atoms with Gasteiger partial charge in [0.15, 0.2) is 0 Å². The first kappa shape index (κ1) is 16.5. The number of aliphatic hydroxyl groups is 1. The fraction of sp³-hybridized carbons (Fsp3) is 0.231. The summed E-state index contributed by atoms with van der Waals surface area (Å²) in [7, 11) is 1.76. The Kier molecular flexibility index (Phi) is 5.48. The van der Waals surface area contributed by atoms with Gasteiger partial charge in [-0.05, 0) is 18.6 Å². The molecule has 0 bridgehead atoms. The molecule has 1 heterocycles. The molecule has 1 unspecified atom stereocenters. The van der Waals surface area contributed by atoms with Crippen LogP contribution >= 0.6 is 0 Å². The molecule has 1 atom stereocenters. The third-order valence-electron chi connectivity index (χ3n) is 2.98. The maximum absolute atomic E-state index is 11.6. The van der Waals surface area contributed by atoms with Crippen LogP contribution in [0, 0.1) is 11.3 Å². The Balaban J connectivity index is 0.00000180. The molecule has 1 aromatic carbocycles. The van der Waals surface area contributed by atoms with Crippen LogP contribution < -0.4 is 63.3 Å². The molecule has 1 aromatic heterocycles. The molecule has 0 saturated heterocycles. The van der Waals surface area contributed by atoms with E-state index < -0.39 is 11.4 Å². The van der Waals surface area contributed by atoms with Gasteiger partial charge in [0.1, 0.15) is 5.60 Å². The number of rotatable bonds is 2. The van der Waals surface area contributed by atoms with Gasteiger partial charge in [0.25, 0.3) is 0 Å². The Morgan fingerprint density at radius 2 is 2.16 bits per heavy atom. The molecule has 19 heavy (non-hydrogen) atoms. The summed E-state index contributed by atoms with van der Waals surface area (Å²) < 4.78 is 1.68. The second-order valence-electron chi connectivity index (χ2n) is 4.28. The van der Waals surface area contributed by atoms with Crippen LogP contribution in [0.2, 0.25) is 0 Å². The van der Waals surface area contributed by atoms with Crippen LogP contribution in [0.4, 0.5) is 0 Å². The van der Waals surface area contributed by atoms with Crippen molar-refractivity contribution in [1.82, 2.24) is 9.55 Å². The monoisotopic (exact) mass is 327 g/mol. The average Bonchev–Trinajstić information content (AvgIpc) is 2.76. The van der Waals surface area contributed by atoms with E-state index in [-0.39, 0.29) is 63.8 Å². The molecule has 0 fully saturated rings. The summed E-state index contributed by atoms with van der Waals surface area (Å²) in [6.45, 7) is 1.59. The summed E-state index contributed by atoms with van der Waals surface area (Å²) >= 11 is 0. The summed E-state index contributed by atoms with van der Waals surface area (Å²) in [5.41, 5.74) is -0.237. The van der Waals surface area contributed by atoms with Gasteiger partial charge in [-0.1, -0.05) is 17.9 Å². The zero-order valence-corrected chi connectivity index (χ0v) is 16.0. The van der Waals surface area contributed by atoms with Crippen molar-refractivity contribution in [2.24, 2.45) is 7.05 Å². The van der Waals surface area contributed by atoms with Crippen molar-refractivity contribution in [3.63, 3.8) is 0 Å². The number of hydrogen-bond acceptors (Lipinski definition) is 4. The number of imidazole rings is 1. The van der Waals surface area contributed by atoms with E-state index in [1.54, 1.807) is 37.1 Å². The second kappa shape index (κ2) is 6.29. The number of nitrogens with zero attached hydrogens (tertiary/aromatic N) is 3.